The molecule has 3 aromatic rings. The van der Waals surface area contributed by atoms with Crippen LogP contribution >= 0.6 is 15.9 Å². The first-order valence-electron chi connectivity index (χ1n) is 5.69. The van der Waals surface area contributed by atoms with Crippen LogP contribution in [0.15, 0.2) is 41.3 Å². The van der Waals surface area contributed by atoms with Crippen molar-refractivity contribution in [3.05, 3.63) is 47.0 Å². The fourth-order valence-corrected chi connectivity index (χ4v) is 2.24. The lowest BCUT2D eigenvalue weighted by Gasteiger charge is -2.05. The molecule has 3 heterocycles. The molecule has 0 aliphatic rings. The van der Waals surface area contributed by atoms with E-state index in [1.54, 1.807) is 16.9 Å². The molecule has 0 aliphatic carbocycles. The first kappa shape index (κ1) is 12.1. The number of rotatable bonds is 3. The maximum Gasteiger partial charge on any atom is 0.155 e. The average molecular weight is 319 g/mol. The minimum Gasteiger partial charge on any atom is -0.339 e. The van der Waals surface area contributed by atoms with E-state index in [2.05, 4.69) is 36.3 Å². The van der Waals surface area contributed by atoms with E-state index in [9.17, 15) is 0 Å². The van der Waals surface area contributed by atoms with Gasteiger partial charge in [0, 0.05) is 24.6 Å². The van der Waals surface area contributed by atoms with Gasteiger partial charge in [-0.15, -0.1) is 5.10 Å². The van der Waals surface area contributed by atoms with Crippen LogP contribution < -0.4 is 11.1 Å². The van der Waals surface area contributed by atoms with E-state index >= 15 is 0 Å². The zero-order valence-corrected chi connectivity index (χ0v) is 11.5. The smallest absolute Gasteiger partial charge is 0.155 e. The summed E-state index contributed by atoms with van der Waals surface area (Å²) in [5.74, 6) is 0.723. The number of pyridine rings is 1. The van der Waals surface area contributed by atoms with Crippen LogP contribution in [0.3, 0.4) is 0 Å². The molecule has 3 aromatic heterocycles. The molecule has 0 unspecified atom stereocenters. The van der Waals surface area contributed by atoms with Crippen LogP contribution in [0, 0.1) is 0 Å². The first-order chi connectivity index (χ1) is 9.28. The molecule has 0 radical (unpaired) electrons. The Morgan fingerprint density at radius 1 is 1.21 bits per heavy atom. The Kier molecular flexibility index (Phi) is 3.14. The topological polar surface area (TPSA) is 81.1 Å². The van der Waals surface area contributed by atoms with Gasteiger partial charge in [0.1, 0.15) is 4.60 Å². The molecule has 0 atom stereocenters. The van der Waals surface area contributed by atoms with Gasteiger partial charge in [-0.05, 0) is 40.2 Å². The highest BCUT2D eigenvalue weighted by Gasteiger charge is 2.09. The fraction of sp³-hybridized carbons (Fsp3) is 0.0833. The van der Waals surface area contributed by atoms with Gasteiger partial charge in [-0.1, -0.05) is 0 Å². The Morgan fingerprint density at radius 2 is 2.00 bits per heavy atom. The summed E-state index contributed by atoms with van der Waals surface area (Å²) in [7, 11) is 0. The highest BCUT2D eigenvalue weighted by Crippen LogP contribution is 2.20. The van der Waals surface area contributed by atoms with Gasteiger partial charge in [0.2, 0.25) is 0 Å². The van der Waals surface area contributed by atoms with Gasteiger partial charge in [-0.2, -0.15) is 0 Å². The summed E-state index contributed by atoms with van der Waals surface area (Å²) >= 11 is 3.45. The normalized spacial score (nSPS) is 10.8. The van der Waals surface area contributed by atoms with E-state index in [4.69, 9.17) is 5.73 Å². The van der Waals surface area contributed by atoms with Gasteiger partial charge in [-0.25, -0.2) is 9.50 Å². The van der Waals surface area contributed by atoms with Gasteiger partial charge >= 0.3 is 0 Å². The number of fused-ring (bicyclic) bond motifs is 1. The van der Waals surface area contributed by atoms with Gasteiger partial charge in [-0.3, -0.25) is 4.98 Å². The molecule has 3 rings (SSSR count). The van der Waals surface area contributed by atoms with Crippen LogP contribution in [0.2, 0.25) is 0 Å². The number of nitrogens with two attached hydrogens (primary N) is 1. The minimum atomic E-state index is 0.372. The molecule has 96 valence electrons. The fourth-order valence-electron chi connectivity index (χ4n) is 1.73. The molecule has 6 nitrogen and oxygen atoms in total. The molecule has 0 saturated carbocycles. The molecule has 0 spiro atoms. The number of aromatic nitrogens is 4. The number of hydrogen-bond acceptors (Lipinski definition) is 5. The zero-order valence-electron chi connectivity index (χ0n) is 9.92. The molecule has 19 heavy (non-hydrogen) atoms. The highest BCUT2D eigenvalue weighted by atomic mass is 79.9. The largest absolute Gasteiger partial charge is 0.339 e. The van der Waals surface area contributed by atoms with Crippen molar-refractivity contribution in [2.24, 2.45) is 5.73 Å². The van der Waals surface area contributed by atoms with Gasteiger partial charge in [0.15, 0.2) is 11.5 Å². The van der Waals surface area contributed by atoms with Crippen LogP contribution in [0.25, 0.3) is 5.65 Å². The quantitative estimate of drug-likeness (QED) is 0.772. The lowest BCUT2D eigenvalue weighted by atomic mass is 10.4. The van der Waals surface area contributed by atoms with Crippen LogP contribution in [0.1, 0.15) is 5.69 Å². The lowest BCUT2D eigenvalue weighted by Crippen LogP contribution is -2.00. The summed E-state index contributed by atoms with van der Waals surface area (Å²) in [5.41, 5.74) is 8.09. The van der Waals surface area contributed by atoms with E-state index in [0.717, 1.165) is 27.4 Å². The second kappa shape index (κ2) is 4.94. The standard InChI is InChI=1S/C12H11BrN6/c13-12-9(7-14)17-11-2-1-10(18-19(11)12)16-8-3-5-15-6-4-8/h1-6H,7,14H2,(H,15,16,18). The van der Waals surface area contributed by atoms with Crippen molar-refractivity contribution in [2.75, 3.05) is 5.32 Å². The van der Waals surface area contributed by atoms with Crippen LogP contribution in [-0.4, -0.2) is 19.6 Å². The van der Waals surface area contributed by atoms with E-state index in [1.807, 2.05) is 24.3 Å². The molecule has 0 bridgehead atoms. The summed E-state index contributed by atoms with van der Waals surface area (Å²) < 4.78 is 2.49. The molecule has 3 N–H and O–H groups in total. The van der Waals surface area contributed by atoms with E-state index in [1.165, 1.54) is 0 Å². The Hall–Kier alpha value is -1.99. The first-order valence-corrected chi connectivity index (χ1v) is 6.48. The monoisotopic (exact) mass is 318 g/mol. The van der Waals surface area contributed by atoms with Crippen LogP contribution in [0.4, 0.5) is 11.5 Å². The molecule has 0 saturated heterocycles. The third-order valence-corrected chi connectivity index (χ3v) is 3.43. The summed E-state index contributed by atoms with van der Waals surface area (Å²) in [5, 5.41) is 7.66. The Labute approximate surface area is 117 Å². The Bertz CT molecular complexity index is 709. The van der Waals surface area contributed by atoms with Crippen molar-refractivity contribution < 1.29 is 0 Å². The van der Waals surface area contributed by atoms with Gasteiger partial charge in [0.25, 0.3) is 0 Å². The Balaban J connectivity index is 1.99. The van der Waals surface area contributed by atoms with Crippen molar-refractivity contribution in [3.8, 4) is 0 Å². The SMILES string of the molecule is NCc1nc2ccc(Nc3ccncc3)nn2c1Br. The summed E-state index contributed by atoms with van der Waals surface area (Å²) in [6.45, 7) is 0.372. The number of imidazole rings is 1. The van der Waals surface area contributed by atoms with Crippen molar-refractivity contribution >= 4 is 33.1 Å². The van der Waals surface area contributed by atoms with Crippen LogP contribution in [0.5, 0.6) is 0 Å². The second-order valence-corrected chi connectivity index (χ2v) is 4.65. The number of hydrogen-bond donors (Lipinski definition) is 2. The average Bonchev–Trinajstić information content (AvgIpc) is 2.77. The van der Waals surface area contributed by atoms with Crippen molar-refractivity contribution in [3.63, 3.8) is 0 Å². The predicted molar refractivity (Wildman–Crippen MR) is 76.1 cm³/mol. The van der Waals surface area contributed by atoms with Gasteiger partial charge < -0.3 is 11.1 Å². The van der Waals surface area contributed by atoms with Crippen LogP contribution in [-0.2, 0) is 6.54 Å². The van der Waals surface area contributed by atoms with E-state index in [0.29, 0.717) is 6.54 Å². The maximum atomic E-state index is 5.62. The molecule has 0 aliphatic heterocycles. The number of nitrogens with zero attached hydrogens (tertiary/aromatic N) is 4. The zero-order chi connectivity index (χ0) is 13.2. The minimum absolute atomic E-state index is 0.372. The highest BCUT2D eigenvalue weighted by molar-refractivity contribution is 9.10. The molecule has 0 aromatic carbocycles. The second-order valence-electron chi connectivity index (χ2n) is 3.90. The number of nitrogens with one attached hydrogen (secondary N) is 1. The third-order valence-electron chi connectivity index (χ3n) is 2.63. The molecular formula is C12H11BrN6. The molecule has 0 amide bonds. The maximum absolute atomic E-state index is 5.62. The van der Waals surface area contributed by atoms with E-state index < -0.39 is 0 Å². The Morgan fingerprint density at radius 3 is 2.74 bits per heavy atom. The molecule has 0 fully saturated rings. The predicted octanol–water partition coefficient (Wildman–Crippen LogP) is 2.09. The third kappa shape index (κ3) is 2.29. The van der Waals surface area contributed by atoms with Crippen molar-refractivity contribution in [2.45, 2.75) is 6.54 Å². The summed E-state index contributed by atoms with van der Waals surface area (Å²) in [6, 6.07) is 7.51. The number of halogens is 1. The lowest BCUT2D eigenvalue weighted by molar-refractivity contribution is 0.909. The van der Waals surface area contributed by atoms with E-state index in [-0.39, 0.29) is 0 Å². The summed E-state index contributed by atoms with van der Waals surface area (Å²) in [4.78, 5) is 8.34. The van der Waals surface area contributed by atoms with Gasteiger partial charge in [0.05, 0.1) is 5.69 Å². The number of anilines is 2. The van der Waals surface area contributed by atoms with Crippen molar-refractivity contribution in [1.29, 1.82) is 0 Å². The van der Waals surface area contributed by atoms with Crippen molar-refractivity contribution in [1.82, 2.24) is 19.6 Å². The molecule has 7 heteroatoms. The summed E-state index contributed by atoms with van der Waals surface area (Å²) in [6.07, 6.45) is 3.45. The molecular weight excluding hydrogens is 308 g/mol.